The van der Waals surface area contributed by atoms with Crippen molar-refractivity contribution in [3.8, 4) is 11.4 Å². The highest BCUT2D eigenvalue weighted by Gasteiger charge is 2.26. The fraction of sp³-hybridized carbons (Fsp3) is 0.0952. The predicted molar refractivity (Wildman–Crippen MR) is 114 cm³/mol. The first kappa shape index (κ1) is 19.3. The summed E-state index contributed by atoms with van der Waals surface area (Å²) in [5.74, 6) is -0.0885. The lowest BCUT2D eigenvalue weighted by molar-refractivity contribution is 0.482. The van der Waals surface area contributed by atoms with Crippen molar-refractivity contribution in [2.45, 2.75) is 18.7 Å². The van der Waals surface area contributed by atoms with Crippen molar-refractivity contribution in [1.82, 2.24) is 9.78 Å². The molecule has 6 nitrogen and oxygen atoms in total. The van der Waals surface area contributed by atoms with Gasteiger partial charge in [-0.3, -0.25) is 4.72 Å². The molecule has 1 aromatic heterocycles. The number of aryl methyl sites for hydroxylation is 1. The Labute approximate surface area is 173 Å². The molecule has 0 saturated carbocycles. The SMILES string of the molecule is Cc1nn(-c2ccccc2)c(C)c1S(=O)(=O)Nc1cc(Cl)c(O)c2ccccc12. The van der Waals surface area contributed by atoms with Gasteiger partial charge in [0.05, 0.1) is 27.8 Å². The lowest BCUT2D eigenvalue weighted by atomic mass is 10.1. The first-order valence-electron chi connectivity index (χ1n) is 8.84. The molecule has 2 N–H and O–H groups in total. The minimum Gasteiger partial charge on any atom is -0.506 e. The summed E-state index contributed by atoms with van der Waals surface area (Å²) < 4.78 is 30.7. The van der Waals surface area contributed by atoms with Gasteiger partial charge in [0.1, 0.15) is 10.6 Å². The zero-order valence-corrected chi connectivity index (χ0v) is 17.3. The van der Waals surface area contributed by atoms with Gasteiger partial charge in [0.25, 0.3) is 10.0 Å². The van der Waals surface area contributed by atoms with Gasteiger partial charge in [-0.15, -0.1) is 0 Å². The Hall–Kier alpha value is -3.03. The number of rotatable bonds is 4. The second-order valence-electron chi connectivity index (χ2n) is 6.65. The third kappa shape index (κ3) is 3.32. The summed E-state index contributed by atoms with van der Waals surface area (Å²) in [4.78, 5) is 0.106. The number of sulfonamides is 1. The molecule has 1 heterocycles. The first-order valence-corrected chi connectivity index (χ1v) is 10.7. The van der Waals surface area contributed by atoms with Gasteiger partial charge in [-0.1, -0.05) is 54.1 Å². The van der Waals surface area contributed by atoms with E-state index < -0.39 is 10.0 Å². The largest absolute Gasteiger partial charge is 0.506 e. The molecule has 4 rings (SSSR count). The van der Waals surface area contributed by atoms with Crippen LogP contribution in [0.15, 0.2) is 65.6 Å². The van der Waals surface area contributed by atoms with Crippen LogP contribution in [0.4, 0.5) is 5.69 Å². The summed E-state index contributed by atoms with van der Waals surface area (Å²) in [7, 11) is -3.96. The second kappa shape index (κ2) is 7.09. The number of aromatic nitrogens is 2. The fourth-order valence-corrected chi connectivity index (χ4v) is 5.12. The quantitative estimate of drug-likeness (QED) is 0.458. The van der Waals surface area contributed by atoms with Crippen LogP contribution in [0.3, 0.4) is 0 Å². The monoisotopic (exact) mass is 427 g/mol. The maximum atomic E-state index is 13.3. The van der Waals surface area contributed by atoms with Crippen molar-refractivity contribution in [3.05, 3.63) is 77.1 Å². The van der Waals surface area contributed by atoms with Crippen LogP contribution < -0.4 is 4.72 Å². The summed E-state index contributed by atoms with van der Waals surface area (Å²) in [6.45, 7) is 3.37. The highest BCUT2D eigenvalue weighted by atomic mass is 35.5. The van der Waals surface area contributed by atoms with Crippen molar-refractivity contribution < 1.29 is 13.5 Å². The van der Waals surface area contributed by atoms with Crippen LogP contribution >= 0.6 is 11.6 Å². The molecule has 4 aromatic rings. The molecule has 0 fully saturated rings. The Morgan fingerprint density at radius 3 is 2.31 bits per heavy atom. The third-order valence-electron chi connectivity index (χ3n) is 4.71. The van der Waals surface area contributed by atoms with Crippen molar-refractivity contribution in [2.24, 2.45) is 0 Å². The van der Waals surface area contributed by atoms with Crippen LogP contribution in [0.1, 0.15) is 11.4 Å². The topological polar surface area (TPSA) is 84.2 Å². The van der Waals surface area contributed by atoms with E-state index in [9.17, 15) is 13.5 Å². The van der Waals surface area contributed by atoms with E-state index in [4.69, 9.17) is 11.6 Å². The number of phenols is 1. The maximum absolute atomic E-state index is 13.3. The molecule has 0 saturated heterocycles. The number of para-hydroxylation sites is 1. The van der Waals surface area contributed by atoms with Crippen molar-refractivity contribution in [3.63, 3.8) is 0 Å². The number of nitrogens with one attached hydrogen (secondary N) is 1. The van der Waals surface area contributed by atoms with Crippen LogP contribution in [-0.2, 0) is 10.0 Å². The van der Waals surface area contributed by atoms with Gasteiger partial charge in [0.2, 0.25) is 0 Å². The van der Waals surface area contributed by atoms with Gasteiger partial charge in [-0.2, -0.15) is 5.10 Å². The molecule has 0 amide bonds. The number of fused-ring (bicyclic) bond motifs is 1. The lowest BCUT2D eigenvalue weighted by Crippen LogP contribution is -2.15. The Morgan fingerprint density at radius 2 is 1.62 bits per heavy atom. The van der Waals surface area contributed by atoms with Crippen molar-refractivity contribution in [2.75, 3.05) is 4.72 Å². The van der Waals surface area contributed by atoms with E-state index >= 15 is 0 Å². The van der Waals surface area contributed by atoms with Crippen molar-refractivity contribution in [1.29, 1.82) is 0 Å². The van der Waals surface area contributed by atoms with Gasteiger partial charge >= 0.3 is 0 Å². The molecule has 0 spiro atoms. The zero-order valence-electron chi connectivity index (χ0n) is 15.7. The molecule has 0 aliphatic heterocycles. The Balaban J connectivity index is 1.83. The number of aromatic hydroxyl groups is 1. The van der Waals surface area contributed by atoms with E-state index in [1.54, 1.807) is 42.8 Å². The fourth-order valence-electron chi connectivity index (χ4n) is 3.44. The molecule has 29 heavy (non-hydrogen) atoms. The number of hydrogen-bond donors (Lipinski definition) is 2. The van der Waals surface area contributed by atoms with Crippen LogP contribution in [0, 0.1) is 13.8 Å². The van der Waals surface area contributed by atoms with Gasteiger partial charge in [-0.25, -0.2) is 13.1 Å². The zero-order chi connectivity index (χ0) is 20.8. The summed E-state index contributed by atoms with van der Waals surface area (Å²) in [6.07, 6.45) is 0. The van der Waals surface area contributed by atoms with Crippen LogP contribution in [0.2, 0.25) is 5.02 Å². The minimum absolute atomic E-state index is 0.0647. The molecule has 148 valence electrons. The molecular weight excluding hydrogens is 410 g/mol. The molecule has 3 aromatic carbocycles. The van der Waals surface area contributed by atoms with Crippen molar-refractivity contribution >= 4 is 38.1 Å². The normalized spacial score (nSPS) is 11.7. The van der Waals surface area contributed by atoms with E-state index in [2.05, 4.69) is 9.82 Å². The van der Waals surface area contributed by atoms with Crippen LogP contribution in [0.5, 0.6) is 5.75 Å². The summed E-state index contributed by atoms with van der Waals surface area (Å²) >= 11 is 6.11. The molecule has 0 aliphatic rings. The summed E-state index contributed by atoms with van der Waals surface area (Å²) in [5.41, 5.74) is 1.94. The van der Waals surface area contributed by atoms with Gasteiger partial charge < -0.3 is 5.11 Å². The smallest absolute Gasteiger partial charge is 0.265 e. The number of nitrogens with zero attached hydrogens (tertiary/aromatic N) is 2. The van der Waals surface area contributed by atoms with E-state index in [1.165, 1.54) is 6.07 Å². The number of halogens is 1. The average Bonchev–Trinajstić information content (AvgIpc) is 3.01. The Morgan fingerprint density at radius 1 is 1.00 bits per heavy atom. The third-order valence-corrected chi connectivity index (χ3v) is 6.61. The van der Waals surface area contributed by atoms with Crippen LogP contribution in [-0.4, -0.2) is 23.3 Å². The highest BCUT2D eigenvalue weighted by Crippen LogP contribution is 2.38. The standard InChI is InChI=1S/C21H18ClN3O3S/c1-13-21(14(2)25(23-13)15-8-4-3-5-9-15)29(27,28)24-19-12-18(22)20(26)17-11-7-6-10-16(17)19/h3-12,24,26H,1-2H3. The van der Waals surface area contributed by atoms with Gasteiger partial charge in [0, 0.05) is 10.8 Å². The van der Waals surface area contributed by atoms with Gasteiger partial charge in [0.15, 0.2) is 0 Å². The minimum atomic E-state index is -3.96. The summed E-state index contributed by atoms with van der Waals surface area (Å²) in [6, 6.07) is 17.6. The number of benzene rings is 3. The number of anilines is 1. The Kier molecular flexibility index (Phi) is 4.72. The molecule has 0 bridgehead atoms. The van der Waals surface area contributed by atoms with Crippen LogP contribution in [0.25, 0.3) is 16.5 Å². The predicted octanol–water partition coefficient (Wildman–Crippen LogP) is 4.80. The van der Waals surface area contributed by atoms with E-state index in [0.29, 0.717) is 22.2 Å². The highest BCUT2D eigenvalue weighted by molar-refractivity contribution is 7.92. The number of phenolic OH excluding ortho intramolecular Hbond substituents is 1. The molecular formula is C21H18ClN3O3S. The van der Waals surface area contributed by atoms with Gasteiger partial charge in [-0.05, 0) is 32.0 Å². The number of hydrogen-bond acceptors (Lipinski definition) is 4. The molecule has 0 atom stereocenters. The molecule has 0 unspecified atom stereocenters. The lowest BCUT2D eigenvalue weighted by Gasteiger charge is -2.13. The van der Waals surface area contributed by atoms with E-state index in [0.717, 1.165) is 5.69 Å². The van der Waals surface area contributed by atoms with E-state index in [-0.39, 0.29) is 21.4 Å². The van der Waals surface area contributed by atoms with E-state index in [1.807, 2.05) is 30.3 Å². The second-order valence-corrected chi connectivity index (χ2v) is 8.68. The molecule has 8 heteroatoms. The maximum Gasteiger partial charge on any atom is 0.265 e. The Bertz CT molecular complexity index is 1330. The summed E-state index contributed by atoms with van der Waals surface area (Å²) in [5, 5.41) is 15.7. The molecule has 0 radical (unpaired) electrons. The average molecular weight is 428 g/mol. The first-order chi connectivity index (χ1) is 13.8. The molecule has 0 aliphatic carbocycles.